The molecular formula is C59H37F6N3. The quantitative estimate of drug-likeness (QED) is 0.153. The zero-order valence-corrected chi connectivity index (χ0v) is 36.5. The Hall–Kier alpha value is -8.35. The largest absolute Gasteiger partial charge is 0.417 e. The van der Waals surface area contributed by atoms with E-state index in [2.05, 4.69) is 43.3 Å². The van der Waals surface area contributed by atoms with Gasteiger partial charge in [-0.2, -0.15) is 31.6 Å². The van der Waals surface area contributed by atoms with Gasteiger partial charge in [-0.3, -0.25) is 0 Å². The molecule has 0 bridgehead atoms. The minimum Gasteiger partial charge on any atom is -0.309 e. The molecule has 2 aromatic heterocycles. The molecule has 0 saturated heterocycles. The van der Waals surface area contributed by atoms with Crippen molar-refractivity contribution >= 4 is 43.6 Å². The van der Waals surface area contributed by atoms with E-state index in [1.54, 1.807) is 24.3 Å². The molecule has 0 unspecified atom stereocenters. The molecule has 3 nitrogen and oxygen atoms in total. The summed E-state index contributed by atoms with van der Waals surface area (Å²) in [6.07, 6.45) is -10.2. The van der Waals surface area contributed by atoms with Gasteiger partial charge < -0.3 is 9.13 Å². The number of rotatable bonds is 6. The first-order valence-corrected chi connectivity index (χ1v) is 22.0. The highest BCUT2D eigenvalue weighted by Gasteiger charge is 2.39. The standard InChI is InChI=1S/C59H37F6N3/c1-35-13-3-5-16-41(35)37-25-29-52-47(31-37)44-18-7-9-21-50(44)67(52)54-23-11-15-39(34-66)56(54)57-46(43-28-27-40(58(60,61)62)33-49(43)59(63,64)65)20-12-24-55(57)68-51-22-10-8-19-45(51)48-32-38(26-30-53(48)68)42-17-6-4-14-36(42)2/h3-33H,1-2H3. The van der Waals surface area contributed by atoms with Crippen molar-refractivity contribution in [2.75, 3.05) is 0 Å². The van der Waals surface area contributed by atoms with Crippen molar-refractivity contribution in [2.24, 2.45) is 0 Å². The summed E-state index contributed by atoms with van der Waals surface area (Å²) in [5.41, 5.74) is 7.57. The highest BCUT2D eigenvalue weighted by Crippen LogP contribution is 2.50. The van der Waals surface area contributed by atoms with Crippen LogP contribution in [0.4, 0.5) is 26.3 Å². The van der Waals surface area contributed by atoms with Crippen molar-refractivity contribution < 1.29 is 26.3 Å². The zero-order chi connectivity index (χ0) is 47.1. The third-order valence-corrected chi connectivity index (χ3v) is 13.1. The average Bonchev–Trinajstić information content (AvgIpc) is 3.85. The zero-order valence-electron chi connectivity index (χ0n) is 36.5. The van der Waals surface area contributed by atoms with Gasteiger partial charge in [0.1, 0.15) is 0 Å². The molecule has 11 aromatic rings. The van der Waals surface area contributed by atoms with Crippen LogP contribution in [-0.4, -0.2) is 9.13 Å². The minimum atomic E-state index is -5.19. The Morgan fingerprint density at radius 2 is 0.868 bits per heavy atom. The molecule has 0 radical (unpaired) electrons. The molecular weight excluding hydrogens is 865 g/mol. The predicted molar refractivity (Wildman–Crippen MR) is 261 cm³/mol. The van der Waals surface area contributed by atoms with Crippen molar-refractivity contribution in [1.29, 1.82) is 5.26 Å². The summed E-state index contributed by atoms with van der Waals surface area (Å²) in [5, 5.41) is 14.7. The van der Waals surface area contributed by atoms with Crippen LogP contribution in [0.5, 0.6) is 0 Å². The molecule has 0 spiro atoms. The van der Waals surface area contributed by atoms with E-state index in [4.69, 9.17) is 0 Å². The second-order valence-corrected chi connectivity index (χ2v) is 17.1. The lowest BCUT2D eigenvalue weighted by Gasteiger charge is -2.24. The predicted octanol–water partition coefficient (Wildman–Crippen LogP) is 17.1. The smallest absolute Gasteiger partial charge is 0.309 e. The molecule has 11 rings (SSSR count). The molecule has 9 heteroatoms. The molecule has 2 heterocycles. The fourth-order valence-corrected chi connectivity index (χ4v) is 10.1. The molecule has 330 valence electrons. The van der Waals surface area contributed by atoms with Crippen LogP contribution in [0, 0.1) is 25.2 Å². The summed E-state index contributed by atoms with van der Waals surface area (Å²) in [7, 11) is 0. The molecule has 68 heavy (non-hydrogen) atoms. The Kier molecular flexibility index (Phi) is 9.90. The van der Waals surface area contributed by atoms with E-state index in [0.29, 0.717) is 23.0 Å². The Balaban J connectivity index is 1.28. The van der Waals surface area contributed by atoms with Gasteiger partial charge in [0.2, 0.25) is 0 Å². The monoisotopic (exact) mass is 901 g/mol. The first-order chi connectivity index (χ1) is 32.8. The van der Waals surface area contributed by atoms with Gasteiger partial charge in [-0.15, -0.1) is 0 Å². The maximum absolute atomic E-state index is 15.4. The van der Waals surface area contributed by atoms with E-state index >= 15 is 13.2 Å². The van der Waals surface area contributed by atoms with E-state index in [9.17, 15) is 18.4 Å². The molecule has 0 aliphatic rings. The Morgan fingerprint density at radius 1 is 0.397 bits per heavy atom. The average molecular weight is 902 g/mol. The molecule has 0 saturated carbocycles. The number of aromatic nitrogens is 2. The van der Waals surface area contributed by atoms with Crippen molar-refractivity contribution in [3.05, 3.63) is 216 Å². The number of hydrogen-bond donors (Lipinski definition) is 0. The number of halogens is 6. The van der Waals surface area contributed by atoms with Gasteiger partial charge in [0.15, 0.2) is 0 Å². The second kappa shape index (κ2) is 15.9. The first kappa shape index (κ1) is 42.3. The molecule has 0 amide bonds. The third kappa shape index (κ3) is 6.82. The van der Waals surface area contributed by atoms with Crippen molar-refractivity contribution in [2.45, 2.75) is 26.2 Å². The van der Waals surface area contributed by atoms with Crippen LogP contribution >= 0.6 is 0 Å². The van der Waals surface area contributed by atoms with Crippen LogP contribution in [0.3, 0.4) is 0 Å². The number of alkyl halides is 6. The minimum absolute atomic E-state index is 0.00225. The Labute approximate surface area is 387 Å². The van der Waals surface area contributed by atoms with E-state index in [-0.39, 0.29) is 22.8 Å². The van der Waals surface area contributed by atoms with Gasteiger partial charge in [-0.05, 0) is 125 Å². The summed E-state index contributed by atoms with van der Waals surface area (Å²) in [5.74, 6) is 0. The van der Waals surface area contributed by atoms with Gasteiger partial charge >= 0.3 is 12.4 Å². The lowest BCUT2D eigenvalue weighted by Crippen LogP contribution is -2.13. The highest BCUT2D eigenvalue weighted by atomic mass is 19.4. The number of nitrogens with zero attached hydrogens (tertiary/aromatic N) is 3. The first-order valence-electron chi connectivity index (χ1n) is 22.0. The van der Waals surface area contributed by atoms with Gasteiger partial charge in [0.05, 0.1) is 56.2 Å². The molecule has 9 aromatic carbocycles. The van der Waals surface area contributed by atoms with Crippen molar-refractivity contribution in [3.8, 4) is 62.0 Å². The number of para-hydroxylation sites is 2. The number of nitriles is 1. The second-order valence-electron chi connectivity index (χ2n) is 17.1. The van der Waals surface area contributed by atoms with E-state index in [1.165, 1.54) is 6.07 Å². The number of fused-ring (bicyclic) bond motifs is 6. The number of hydrogen-bond acceptors (Lipinski definition) is 1. The number of aryl methyl sites for hydroxylation is 2. The maximum Gasteiger partial charge on any atom is 0.417 e. The Bertz CT molecular complexity index is 3880. The van der Waals surface area contributed by atoms with E-state index in [1.807, 2.05) is 125 Å². The third-order valence-electron chi connectivity index (χ3n) is 13.1. The van der Waals surface area contributed by atoms with Gasteiger partial charge in [-0.1, -0.05) is 121 Å². The summed E-state index contributed by atoms with van der Waals surface area (Å²) in [4.78, 5) is 0. The SMILES string of the molecule is Cc1ccccc1-c1ccc2c(c1)c1ccccc1n2-c1cccc(C#N)c1-c1c(-c2ccc(C(F)(F)F)cc2C(F)(F)F)cccc1-n1c2ccccc2c2cc(-c3ccccc3C)ccc21. The van der Waals surface area contributed by atoms with E-state index < -0.39 is 29.0 Å². The normalized spacial score (nSPS) is 12.1. The highest BCUT2D eigenvalue weighted by molar-refractivity contribution is 6.13. The van der Waals surface area contributed by atoms with Crippen LogP contribution in [0.2, 0.25) is 0 Å². The van der Waals surface area contributed by atoms with Crippen molar-refractivity contribution in [3.63, 3.8) is 0 Å². The summed E-state index contributed by atoms with van der Waals surface area (Å²) in [6.45, 7) is 4.10. The molecule has 0 atom stereocenters. The molecule has 0 fully saturated rings. The maximum atomic E-state index is 15.4. The fraction of sp³-hybridized carbons (Fsp3) is 0.0678. The van der Waals surface area contributed by atoms with Gasteiger partial charge in [0, 0.05) is 32.7 Å². The summed E-state index contributed by atoms with van der Waals surface area (Å²) in [6, 6.07) is 58.3. The van der Waals surface area contributed by atoms with Gasteiger partial charge in [-0.25, -0.2) is 0 Å². The summed E-state index contributed by atoms with van der Waals surface area (Å²) >= 11 is 0. The van der Waals surface area contributed by atoms with E-state index in [0.717, 1.165) is 83.1 Å². The lowest BCUT2D eigenvalue weighted by atomic mass is 9.86. The van der Waals surface area contributed by atoms with Crippen LogP contribution in [-0.2, 0) is 12.4 Å². The topological polar surface area (TPSA) is 33.6 Å². The van der Waals surface area contributed by atoms with Crippen LogP contribution in [0.1, 0.15) is 27.8 Å². The molecule has 0 aliphatic heterocycles. The fourth-order valence-electron chi connectivity index (χ4n) is 10.1. The molecule has 0 N–H and O–H groups in total. The van der Waals surface area contributed by atoms with Crippen molar-refractivity contribution in [1.82, 2.24) is 9.13 Å². The Morgan fingerprint density at radius 3 is 1.38 bits per heavy atom. The number of benzene rings is 9. The molecule has 0 aliphatic carbocycles. The van der Waals surface area contributed by atoms with Crippen LogP contribution in [0.15, 0.2) is 188 Å². The van der Waals surface area contributed by atoms with Gasteiger partial charge in [0.25, 0.3) is 0 Å². The van der Waals surface area contributed by atoms with Crippen LogP contribution in [0.25, 0.3) is 99.5 Å². The van der Waals surface area contributed by atoms with Crippen LogP contribution < -0.4 is 0 Å². The lowest BCUT2D eigenvalue weighted by molar-refractivity contribution is -0.142. The summed E-state index contributed by atoms with van der Waals surface area (Å²) < 4.78 is 92.9.